The molecule has 0 radical (unpaired) electrons. The zero-order chi connectivity index (χ0) is 16.2. The SMILES string of the molecule is CN1CCC(N2CCCC(CC(=O)N3CCOCC3)C2=O)CC1. The number of piperidine rings is 2. The van der Waals surface area contributed by atoms with E-state index in [-0.39, 0.29) is 17.7 Å². The Morgan fingerprint density at radius 2 is 1.78 bits per heavy atom. The molecule has 0 aromatic heterocycles. The lowest BCUT2D eigenvalue weighted by atomic mass is 9.90. The van der Waals surface area contributed by atoms with Crippen molar-refractivity contribution in [2.45, 2.75) is 38.1 Å². The molecule has 0 spiro atoms. The predicted octanol–water partition coefficient (Wildman–Crippen LogP) is 0.568. The van der Waals surface area contributed by atoms with Crippen LogP contribution in [0.25, 0.3) is 0 Å². The summed E-state index contributed by atoms with van der Waals surface area (Å²) in [5.41, 5.74) is 0. The van der Waals surface area contributed by atoms with Gasteiger partial charge in [-0.1, -0.05) is 0 Å². The van der Waals surface area contributed by atoms with Crippen LogP contribution in [0.15, 0.2) is 0 Å². The number of amides is 2. The Balaban J connectivity index is 1.55. The Hall–Kier alpha value is -1.14. The van der Waals surface area contributed by atoms with Gasteiger partial charge in [0.05, 0.1) is 13.2 Å². The topological polar surface area (TPSA) is 53.1 Å². The van der Waals surface area contributed by atoms with Gasteiger partial charge in [-0.05, 0) is 45.8 Å². The third-order valence-corrected chi connectivity index (χ3v) is 5.50. The van der Waals surface area contributed by atoms with Gasteiger partial charge in [0.15, 0.2) is 0 Å². The Kier molecular flexibility index (Phi) is 5.54. The molecule has 130 valence electrons. The van der Waals surface area contributed by atoms with Crippen LogP contribution in [0.5, 0.6) is 0 Å². The quantitative estimate of drug-likeness (QED) is 0.762. The molecule has 6 nitrogen and oxygen atoms in total. The monoisotopic (exact) mass is 323 g/mol. The third kappa shape index (κ3) is 4.04. The minimum atomic E-state index is -0.112. The van der Waals surface area contributed by atoms with Crippen LogP contribution < -0.4 is 0 Å². The lowest BCUT2D eigenvalue weighted by molar-refractivity contribution is -0.147. The Morgan fingerprint density at radius 1 is 1.09 bits per heavy atom. The summed E-state index contributed by atoms with van der Waals surface area (Å²) in [6, 6.07) is 0.375. The van der Waals surface area contributed by atoms with Crippen molar-refractivity contribution in [2.24, 2.45) is 5.92 Å². The maximum atomic E-state index is 12.8. The van der Waals surface area contributed by atoms with Crippen molar-refractivity contribution in [2.75, 3.05) is 53.0 Å². The van der Waals surface area contributed by atoms with E-state index in [1.54, 1.807) is 0 Å². The number of hydrogen-bond acceptors (Lipinski definition) is 4. The van der Waals surface area contributed by atoms with Crippen LogP contribution in [0.1, 0.15) is 32.1 Å². The summed E-state index contributed by atoms with van der Waals surface area (Å²) in [7, 11) is 2.14. The van der Waals surface area contributed by atoms with E-state index >= 15 is 0 Å². The number of morpholine rings is 1. The van der Waals surface area contributed by atoms with Crippen LogP contribution in [0.2, 0.25) is 0 Å². The van der Waals surface area contributed by atoms with Crippen molar-refractivity contribution in [3.8, 4) is 0 Å². The van der Waals surface area contributed by atoms with Crippen LogP contribution in [0.3, 0.4) is 0 Å². The minimum Gasteiger partial charge on any atom is -0.378 e. The summed E-state index contributed by atoms with van der Waals surface area (Å²) in [4.78, 5) is 31.5. The fourth-order valence-electron chi connectivity index (χ4n) is 3.99. The van der Waals surface area contributed by atoms with Gasteiger partial charge in [-0.25, -0.2) is 0 Å². The summed E-state index contributed by atoms with van der Waals surface area (Å²) in [5, 5.41) is 0. The fraction of sp³-hybridized carbons (Fsp3) is 0.882. The number of carbonyl (C=O) groups excluding carboxylic acids is 2. The van der Waals surface area contributed by atoms with Crippen molar-refractivity contribution in [1.29, 1.82) is 0 Å². The molecule has 0 aromatic carbocycles. The second-order valence-electron chi connectivity index (χ2n) is 7.10. The first-order valence-corrected chi connectivity index (χ1v) is 8.99. The number of hydrogen-bond donors (Lipinski definition) is 0. The maximum Gasteiger partial charge on any atom is 0.226 e. The van der Waals surface area contributed by atoms with Crippen LogP contribution in [-0.4, -0.2) is 85.5 Å². The molecule has 1 atom stereocenters. The number of carbonyl (C=O) groups is 2. The standard InChI is InChI=1S/C17H29N3O3/c1-18-7-4-15(5-8-18)20-6-2-3-14(17(20)22)13-16(21)19-9-11-23-12-10-19/h14-15H,2-13H2,1H3. The van der Waals surface area contributed by atoms with E-state index in [2.05, 4.69) is 16.8 Å². The van der Waals surface area contributed by atoms with Crippen LogP contribution in [0, 0.1) is 5.92 Å². The molecule has 23 heavy (non-hydrogen) atoms. The molecule has 1 unspecified atom stereocenters. The van der Waals surface area contributed by atoms with E-state index < -0.39 is 0 Å². The van der Waals surface area contributed by atoms with Gasteiger partial charge in [0, 0.05) is 38.0 Å². The molecule has 3 rings (SSSR count). The Morgan fingerprint density at radius 3 is 2.48 bits per heavy atom. The molecule has 6 heteroatoms. The van der Waals surface area contributed by atoms with Crippen LogP contribution in [0.4, 0.5) is 0 Å². The van der Waals surface area contributed by atoms with Gasteiger partial charge in [0.2, 0.25) is 11.8 Å². The van der Waals surface area contributed by atoms with Gasteiger partial charge < -0.3 is 19.4 Å². The molecule has 3 aliphatic heterocycles. The van der Waals surface area contributed by atoms with Gasteiger partial charge in [0.25, 0.3) is 0 Å². The predicted molar refractivity (Wildman–Crippen MR) is 87.0 cm³/mol. The molecule has 0 bridgehead atoms. The highest BCUT2D eigenvalue weighted by Gasteiger charge is 2.36. The van der Waals surface area contributed by atoms with Gasteiger partial charge in [-0.3, -0.25) is 9.59 Å². The zero-order valence-electron chi connectivity index (χ0n) is 14.2. The molecule has 3 heterocycles. The van der Waals surface area contributed by atoms with Gasteiger partial charge >= 0.3 is 0 Å². The highest BCUT2D eigenvalue weighted by atomic mass is 16.5. The fourth-order valence-corrected chi connectivity index (χ4v) is 3.99. The lowest BCUT2D eigenvalue weighted by Gasteiger charge is -2.41. The van der Waals surface area contributed by atoms with Crippen molar-refractivity contribution in [1.82, 2.24) is 14.7 Å². The largest absolute Gasteiger partial charge is 0.378 e. The number of nitrogens with zero attached hydrogens (tertiary/aromatic N) is 3. The highest BCUT2D eigenvalue weighted by molar-refractivity contribution is 5.86. The van der Waals surface area contributed by atoms with Crippen LogP contribution >= 0.6 is 0 Å². The first kappa shape index (κ1) is 16.7. The molecular formula is C17H29N3O3. The molecule has 3 saturated heterocycles. The number of rotatable bonds is 3. The molecule has 2 amide bonds. The average molecular weight is 323 g/mol. The Labute approximate surface area is 138 Å². The van der Waals surface area contributed by atoms with Crippen molar-refractivity contribution >= 4 is 11.8 Å². The second kappa shape index (κ2) is 7.62. The maximum absolute atomic E-state index is 12.8. The van der Waals surface area contributed by atoms with Crippen molar-refractivity contribution in [3.05, 3.63) is 0 Å². The highest BCUT2D eigenvalue weighted by Crippen LogP contribution is 2.27. The first-order valence-electron chi connectivity index (χ1n) is 8.99. The van der Waals surface area contributed by atoms with Crippen LogP contribution in [-0.2, 0) is 14.3 Å². The molecule has 0 aromatic rings. The van der Waals surface area contributed by atoms with E-state index in [1.807, 2.05) is 4.90 Å². The summed E-state index contributed by atoms with van der Waals surface area (Å²) in [6.45, 7) is 5.56. The van der Waals surface area contributed by atoms with Crippen molar-refractivity contribution in [3.63, 3.8) is 0 Å². The van der Waals surface area contributed by atoms with Gasteiger partial charge in [-0.2, -0.15) is 0 Å². The summed E-state index contributed by atoms with van der Waals surface area (Å²) >= 11 is 0. The average Bonchev–Trinajstić information content (AvgIpc) is 2.58. The molecular weight excluding hydrogens is 294 g/mol. The van der Waals surface area contributed by atoms with E-state index in [4.69, 9.17) is 4.74 Å². The van der Waals surface area contributed by atoms with E-state index in [0.717, 1.165) is 45.3 Å². The lowest BCUT2D eigenvalue weighted by Crippen LogP contribution is -2.52. The van der Waals surface area contributed by atoms with Gasteiger partial charge in [0.1, 0.15) is 0 Å². The number of likely N-dealkylation sites (tertiary alicyclic amines) is 2. The summed E-state index contributed by atoms with van der Waals surface area (Å²) in [5.74, 6) is 0.225. The molecule has 0 saturated carbocycles. The summed E-state index contributed by atoms with van der Waals surface area (Å²) < 4.78 is 5.29. The molecule has 0 aliphatic carbocycles. The molecule has 0 N–H and O–H groups in total. The Bertz CT molecular complexity index is 429. The van der Waals surface area contributed by atoms with Gasteiger partial charge in [-0.15, -0.1) is 0 Å². The summed E-state index contributed by atoms with van der Waals surface area (Å²) in [6.07, 6.45) is 4.39. The third-order valence-electron chi connectivity index (χ3n) is 5.50. The van der Waals surface area contributed by atoms with Crippen molar-refractivity contribution < 1.29 is 14.3 Å². The second-order valence-corrected chi connectivity index (χ2v) is 7.10. The van der Waals surface area contributed by atoms with E-state index in [1.165, 1.54) is 0 Å². The van der Waals surface area contributed by atoms with E-state index in [0.29, 0.717) is 38.8 Å². The smallest absolute Gasteiger partial charge is 0.226 e. The van der Waals surface area contributed by atoms with E-state index in [9.17, 15) is 9.59 Å². The molecule has 3 aliphatic rings. The minimum absolute atomic E-state index is 0.112. The first-order chi connectivity index (χ1) is 11.1. The molecule has 3 fully saturated rings. The zero-order valence-corrected chi connectivity index (χ0v) is 14.2. The number of ether oxygens (including phenoxy) is 1. The normalized spacial score (nSPS) is 28.2.